The van der Waals surface area contributed by atoms with Crippen LogP contribution in [-0.2, 0) is 6.61 Å². The molecule has 7 nitrogen and oxygen atoms in total. The molecule has 2 aromatic carbocycles. The van der Waals surface area contributed by atoms with Gasteiger partial charge < -0.3 is 15.3 Å². The van der Waals surface area contributed by atoms with Crippen molar-refractivity contribution in [3.63, 3.8) is 0 Å². The molecule has 0 saturated carbocycles. The summed E-state index contributed by atoms with van der Waals surface area (Å²) >= 11 is 12.6. The van der Waals surface area contributed by atoms with E-state index in [1.165, 1.54) is 7.11 Å². The number of aliphatic hydroxyl groups excluding tert-OH is 1. The van der Waals surface area contributed by atoms with E-state index in [9.17, 15) is 9.90 Å². The average molecular weight is 459 g/mol. The number of nitrogens with zero attached hydrogens (tertiary/aromatic N) is 3. The normalized spacial score (nSPS) is 10.6. The first-order valence-electron chi connectivity index (χ1n) is 8.90. The van der Waals surface area contributed by atoms with Crippen LogP contribution < -0.4 is 15.7 Å². The van der Waals surface area contributed by atoms with E-state index in [4.69, 9.17) is 28.0 Å². The molecule has 4 rings (SSSR count). The van der Waals surface area contributed by atoms with Crippen LogP contribution in [0.2, 0.25) is 10.0 Å². The molecule has 2 heterocycles. The Morgan fingerprint density at radius 1 is 1.13 bits per heavy atom. The van der Waals surface area contributed by atoms with Crippen molar-refractivity contribution >= 4 is 45.9 Å². The van der Waals surface area contributed by atoms with E-state index in [1.54, 1.807) is 48.7 Å². The second-order valence-corrected chi connectivity index (χ2v) is 7.21. The van der Waals surface area contributed by atoms with Gasteiger partial charge in [0.1, 0.15) is 7.11 Å². The lowest BCUT2D eigenvalue weighted by Crippen LogP contribution is -2.27. The van der Waals surface area contributed by atoms with Gasteiger partial charge in [-0.3, -0.25) is 4.79 Å². The van der Waals surface area contributed by atoms with E-state index in [-0.39, 0.29) is 31.2 Å². The molecule has 0 atom stereocenters. The van der Waals surface area contributed by atoms with E-state index >= 15 is 0 Å². The summed E-state index contributed by atoms with van der Waals surface area (Å²) in [5, 5.41) is 13.6. The highest BCUT2D eigenvalue weighted by atomic mass is 35.5. The lowest BCUT2D eigenvalue weighted by Gasteiger charge is -2.13. The Bertz CT molecular complexity index is 1290. The molecular weight excluding hydrogens is 439 g/mol. The zero-order valence-electron chi connectivity index (χ0n) is 15.8. The van der Waals surface area contributed by atoms with Crippen LogP contribution in [0.5, 0.6) is 0 Å². The average Bonchev–Trinajstić information content (AvgIpc) is 2.74. The lowest BCUT2D eigenvalue weighted by atomic mass is 10.1. The Hall–Kier alpha value is -3.13. The molecular formula is C22H20Cl2N4O3. The predicted molar refractivity (Wildman–Crippen MR) is 124 cm³/mol. The van der Waals surface area contributed by atoms with Crippen molar-refractivity contribution in [2.75, 3.05) is 12.4 Å². The van der Waals surface area contributed by atoms with Crippen LogP contribution in [0.1, 0.15) is 13.0 Å². The summed E-state index contributed by atoms with van der Waals surface area (Å²) in [6.07, 6.45) is 1.57. The van der Waals surface area contributed by atoms with Crippen molar-refractivity contribution in [2.45, 2.75) is 14.0 Å². The topological polar surface area (TPSA) is 89.3 Å². The monoisotopic (exact) mass is 458 g/mol. The Balaban J connectivity index is 0.00000272. The van der Waals surface area contributed by atoms with Crippen LogP contribution in [0.15, 0.2) is 59.5 Å². The van der Waals surface area contributed by atoms with Gasteiger partial charge in [0.25, 0.3) is 5.56 Å². The van der Waals surface area contributed by atoms with Gasteiger partial charge in [-0.1, -0.05) is 48.8 Å². The van der Waals surface area contributed by atoms with Crippen LogP contribution >= 0.6 is 23.2 Å². The quantitative estimate of drug-likeness (QED) is 0.450. The number of halogens is 2. The summed E-state index contributed by atoms with van der Waals surface area (Å²) in [5.74, 6) is 0.270. The van der Waals surface area contributed by atoms with E-state index in [0.29, 0.717) is 26.7 Å². The lowest BCUT2D eigenvalue weighted by molar-refractivity contribution is 0.168. The molecule has 9 heteroatoms. The molecule has 0 aliphatic rings. The zero-order valence-corrected chi connectivity index (χ0v) is 17.3. The van der Waals surface area contributed by atoms with E-state index in [2.05, 4.69) is 15.3 Å². The molecule has 0 amide bonds. The largest absolute Gasteiger partial charge is 0.412 e. The maximum absolute atomic E-state index is 13.1. The van der Waals surface area contributed by atoms with Crippen molar-refractivity contribution in [3.8, 4) is 11.1 Å². The minimum Gasteiger partial charge on any atom is -0.412 e. The Labute approximate surface area is 188 Å². The van der Waals surface area contributed by atoms with E-state index < -0.39 is 5.56 Å². The van der Waals surface area contributed by atoms with Crippen molar-refractivity contribution in [2.24, 2.45) is 0 Å². The number of anilines is 2. The number of hydrogen-bond donors (Lipinski definition) is 2. The SMILES string of the molecule is C.COn1c(=O)c(-c2c(Cl)cccc2Cl)cc2cnc(Nc3cccc(CO)c3)nc21. The van der Waals surface area contributed by atoms with Crippen LogP contribution in [0.25, 0.3) is 22.2 Å². The van der Waals surface area contributed by atoms with Gasteiger partial charge in [0.2, 0.25) is 5.95 Å². The maximum atomic E-state index is 13.1. The summed E-state index contributed by atoms with van der Waals surface area (Å²) in [7, 11) is 1.37. The van der Waals surface area contributed by atoms with Gasteiger partial charge in [0, 0.05) is 22.8 Å². The molecule has 0 spiro atoms. The molecule has 0 aliphatic carbocycles. The Morgan fingerprint density at radius 3 is 2.52 bits per heavy atom. The van der Waals surface area contributed by atoms with Crippen molar-refractivity contribution in [1.82, 2.24) is 14.7 Å². The van der Waals surface area contributed by atoms with Crippen molar-refractivity contribution in [1.29, 1.82) is 0 Å². The molecule has 0 fully saturated rings. The number of aliphatic hydroxyl groups is 1. The number of aromatic nitrogens is 3. The summed E-state index contributed by atoms with van der Waals surface area (Å²) in [5.41, 5.74) is 1.97. The number of nitrogens with one attached hydrogen (secondary N) is 1. The minimum absolute atomic E-state index is 0. The predicted octanol–water partition coefficient (Wildman–Crippen LogP) is 4.70. The second kappa shape index (κ2) is 9.34. The minimum atomic E-state index is -0.452. The Kier molecular flexibility index (Phi) is 6.80. The van der Waals surface area contributed by atoms with Gasteiger partial charge in [-0.2, -0.15) is 4.98 Å². The first kappa shape index (κ1) is 22.6. The second-order valence-electron chi connectivity index (χ2n) is 6.39. The fraction of sp³-hybridized carbons (Fsp3) is 0.136. The first-order valence-corrected chi connectivity index (χ1v) is 9.66. The third kappa shape index (κ3) is 4.34. The zero-order chi connectivity index (χ0) is 21.3. The first-order chi connectivity index (χ1) is 14.5. The summed E-state index contributed by atoms with van der Waals surface area (Å²) in [6, 6.07) is 13.9. The van der Waals surface area contributed by atoms with Crippen LogP contribution in [0, 0.1) is 0 Å². The fourth-order valence-electron chi connectivity index (χ4n) is 3.11. The molecule has 2 N–H and O–H groups in total. The highest BCUT2D eigenvalue weighted by molar-refractivity contribution is 6.39. The molecule has 0 bridgehead atoms. The number of rotatable bonds is 5. The number of benzene rings is 2. The van der Waals surface area contributed by atoms with Gasteiger partial charge in [-0.05, 0) is 35.9 Å². The maximum Gasteiger partial charge on any atom is 0.293 e. The number of fused-ring (bicyclic) bond motifs is 1. The molecule has 0 aliphatic heterocycles. The van der Waals surface area contributed by atoms with Crippen LogP contribution in [-0.4, -0.2) is 26.9 Å². The number of pyridine rings is 1. The third-order valence-corrected chi connectivity index (χ3v) is 5.11. The molecule has 0 radical (unpaired) electrons. The summed E-state index contributed by atoms with van der Waals surface area (Å²) in [6.45, 7) is -0.0787. The van der Waals surface area contributed by atoms with Gasteiger partial charge in [-0.15, -0.1) is 4.73 Å². The van der Waals surface area contributed by atoms with Crippen LogP contribution in [0.4, 0.5) is 11.6 Å². The van der Waals surface area contributed by atoms with Crippen molar-refractivity contribution in [3.05, 3.63) is 80.7 Å². The van der Waals surface area contributed by atoms with Gasteiger partial charge in [0.15, 0.2) is 5.65 Å². The third-order valence-electron chi connectivity index (χ3n) is 4.48. The standard InChI is InChI=1S/C21H16Cl2N4O3.CH4/c1-30-27-19-13(9-15(20(27)29)18-16(22)6-3-7-17(18)23)10-24-21(26-19)25-14-5-2-4-12(8-14)11-28;/h2-10,28H,11H2,1H3,(H,24,25,26);1H4. The molecule has 31 heavy (non-hydrogen) atoms. The van der Waals surface area contributed by atoms with Crippen LogP contribution in [0.3, 0.4) is 0 Å². The summed E-state index contributed by atoms with van der Waals surface area (Å²) < 4.78 is 1.07. The van der Waals surface area contributed by atoms with Gasteiger partial charge in [0.05, 0.1) is 22.2 Å². The van der Waals surface area contributed by atoms with Gasteiger partial charge in [-0.25, -0.2) is 4.98 Å². The van der Waals surface area contributed by atoms with Crippen molar-refractivity contribution < 1.29 is 9.94 Å². The number of hydrogen-bond acceptors (Lipinski definition) is 6. The molecule has 2 aromatic heterocycles. The highest BCUT2D eigenvalue weighted by Gasteiger charge is 2.18. The van der Waals surface area contributed by atoms with Gasteiger partial charge >= 0.3 is 0 Å². The molecule has 0 saturated heterocycles. The Morgan fingerprint density at radius 2 is 1.84 bits per heavy atom. The molecule has 160 valence electrons. The smallest absolute Gasteiger partial charge is 0.293 e. The highest BCUT2D eigenvalue weighted by Crippen LogP contribution is 2.33. The molecule has 4 aromatic rings. The van der Waals surface area contributed by atoms with E-state index in [0.717, 1.165) is 10.3 Å². The fourth-order valence-corrected chi connectivity index (χ4v) is 3.71. The summed E-state index contributed by atoms with van der Waals surface area (Å²) in [4.78, 5) is 27.1. The van der Waals surface area contributed by atoms with E-state index in [1.807, 2.05) is 6.07 Å². The molecule has 0 unspecified atom stereocenters.